The van der Waals surface area contributed by atoms with Crippen molar-refractivity contribution >= 4 is 12.0 Å². The maximum Gasteiger partial charge on any atom is 0.306 e. The van der Waals surface area contributed by atoms with Gasteiger partial charge in [-0.15, -0.1) is 0 Å². The molecule has 0 aliphatic rings. The third-order valence-corrected chi connectivity index (χ3v) is 4.77. The van der Waals surface area contributed by atoms with Crippen LogP contribution < -0.4 is 0 Å². The van der Waals surface area contributed by atoms with E-state index in [9.17, 15) is 4.79 Å². The maximum absolute atomic E-state index is 11.5. The zero-order valence-corrected chi connectivity index (χ0v) is 16.7. The lowest BCUT2D eigenvalue weighted by Crippen LogP contribution is -2.05. The van der Waals surface area contributed by atoms with Gasteiger partial charge in [0.1, 0.15) is 0 Å². The molecule has 0 aromatic heterocycles. The number of unbranched alkanes of at least 4 members (excludes halogenated alkanes) is 2. The molecule has 2 rings (SSSR count). The van der Waals surface area contributed by atoms with Gasteiger partial charge in [0.2, 0.25) is 0 Å². The second-order valence-electron chi connectivity index (χ2n) is 6.92. The molecule has 27 heavy (non-hydrogen) atoms. The van der Waals surface area contributed by atoms with Crippen LogP contribution in [0.1, 0.15) is 68.6 Å². The number of carbonyl (C=O) groups excluding carboxylic acids is 1. The molecule has 2 aromatic carbocycles. The van der Waals surface area contributed by atoms with Gasteiger partial charge in [-0.25, -0.2) is 0 Å². The van der Waals surface area contributed by atoms with Crippen molar-refractivity contribution in [3.8, 4) is 0 Å². The molecule has 0 saturated carbocycles. The standard InChI is InChI=1S/C25H32O2/c1-3-5-7-12-23(17-13-21-10-8-6-9-11-21)24-18-14-22(15-19-24)16-20-25(26)27-4-2/h6,8-11,13-15,17-19,23H,3-5,7,12,16,20H2,1-2H3/b17-13+. The summed E-state index contributed by atoms with van der Waals surface area (Å²) < 4.78 is 5.01. The molecule has 0 spiro atoms. The lowest BCUT2D eigenvalue weighted by Gasteiger charge is -2.14. The number of esters is 1. The van der Waals surface area contributed by atoms with Crippen LogP contribution >= 0.6 is 0 Å². The molecule has 2 nitrogen and oxygen atoms in total. The first-order chi connectivity index (χ1) is 13.2. The Bertz CT molecular complexity index is 686. The van der Waals surface area contributed by atoms with Crippen molar-refractivity contribution in [1.82, 2.24) is 0 Å². The van der Waals surface area contributed by atoms with E-state index >= 15 is 0 Å². The number of ether oxygens (including phenoxy) is 1. The van der Waals surface area contributed by atoms with E-state index in [-0.39, 0.29) is 5.97 Å². The minimum absolute atomic E-state index is 0.121. The summed E-state index contributed by atoms with van der Waals surface area (Å²) in [6, 6.07) is 19.2. The SMILES string of the molecule is CCCCCC(/C=C/c1ccccc1)c1ccc(CCC(=O)OCC)cc1. The van der Waals surface area contributed by atoms with Crippen molar-refractivity contribution in [2.75, 3.05) is 6.61 Å². The van der Waals surface area contributed by atoms with E-state index < -0.39 is 0 Å². The van der Waals surface area contributed by atoms with Crippen molar-refractivity contribution < 1.29 is 9.53 Å². The molecule has 1 unspecified atom stereocenters. The van der Waals surface area contributed by atoms with Crippen LogP contribution in [0.15, 0.2) is 60.7 Å². The Morgan fingerprint density at radius 1 is 1.00 bits per heavy atom. The number of allylic oxidation sites excluding steroid dienone is 1. The molecule has 0 radical (unpaired) electrons. The van der Waals surface area contributed by atoms with Gasteiger partial charge in [-0.05, 0) is 36.5 Å². The van der Waals surface area contributed by atoms with Crippen molar-refractivity contribution in [3.63, 3.8) is 0 Å². The second-order valence-corrected chi connectivity index (χ2v) is 6.92. The first-order valence-electron chi connectivity index (χ1n) is 10.2. The third kappa shape index (κ3) is 7.82. The van der Waals surface area contributed by atoms with E-state index in [1.54, 1.807) is 0 Å². The Kier molecular flexibility index (Phi) is 9.40. The van der Waals surface area contributed by atoms with Gasteiger partial charge < -0.3 is 4.74 Å². The Morgan fingerprint density at radius 3 is 2.41 bits per heavy atom. The molecule has 0 aliphatic carbocycles. The van der Waals surface area contributed by atoms with Crippen LogP contribution in [0.25, 0.3) is 6.08 Å². The fourth-order valence-electron chi connectivity index (χ4n) is 3.19. The molecule has 2 aromatic rings. The Hall–Kier alpha value is -2.35. The summed E-state index contributed by atoms with van der Waals surface area (Å²) in [6.07, 6.45) is 10.7. The molecule has 2 heteroatoms. The van der Waals surface area contributed by atoms with Crippen molar-refractivity contribution in [1.29, 1.82) is 0 Å². The van der Waals surface area contributed by atoms with E-state index in [2.05, 4.69) is 67.6 Å². The number of aryl methyl sites for hydroxylation is 1. The highest BCUT2D eigenvalue weighted by Crippen LogP contribution is 2.26. The summed E-state index contributed by atoms with van der Waals surface area (Å²) in [7, 11) is 0. The van der Waals surface area contributed by atoms with Gasteiger partial charge in [0.05, 0.1) is 6.61 Å². The fraction of sp³-hybridized carbons (Fsp3) is 0.400. The quantitative estimate of drug-likeness (QED) is 0.333. The van der Waals surface area contributed by atoms with E-state index in [4.69, 9.17) is 4.74 Å². The summed E-state index contributed by atoms with van der Waals surface area (Å²) in [6.45, 7) is 4.53. The van der Waals surface area contributed by atoms with E-state index in [1.165, 1.54) is 42.4 Å². The second kappa shape index (κ2) is 12.1. The summed E-state index contributed by atoms with van der Waals surface area (Å²) in [4.78, 5) is 11.5. The van der Waals surface area contributed by atoms with Gasteiger partial charge in [0, 0.05) is 12.3 Å². The summed E-state index contributed by atoms with van der Waals surface area (Å²) in [5.74, 6) is 0.306. The third-order valence-electron chi connectivity index (χ3n) is 4.77. The largest absolute Gasteiger partial charge is 0.466 e. The average molecular weight is 365 g/mol. The molecule has 0 bridgehead atoms. The minimum Gasteiger partial charge on any atom is -0.466 e. The highest BCUT2D eigenvalue weighted by molar-refractivity contribution is 5.69. The first kappa shape index (κ1) is 21.0. The first-order valence-corrected chi connectivity index (χ1v) is 10.2. The van der Waals surface area contributed by atoms with Crippen LogP contribution in [0.3, 0.4) is 0 Å². The number of hydrogen-bond donors (Lipinski definition) is 0. The van der Waals surface area contributed by atoms with Crippen LogP contribution in [-0.2, 0) is 16.0 Å². The average Bonchev–Trinajstić information content (AvgIpc) is 2.70. The summed E-state index contributed by atoms with van der Waals surface area (Å²) in [5, 5.41) is 0. The molecule has 144 valence electrons. The van der Waals surface area contributed by atoms with Crippen LogP contribution in [0.2, 0.25) is 0 Å². The lowest BCUT2D eigenvalue weighted by atomic mass is 9.91. The zero-order valence-electron chi connectivity index (χ0n) is 16.7. The number of benzene rings is 2. The topological polar surface area (TPSA) is 26.3 Å². The van der Waals surface area contributed by atoms with Crippen LogP contribution in [0.4, 0.5) is 0 Å². The monoisotopic (exact) mass is 364 g/mol. The molecular weight excluding hydrogens is 332 g/mol. The van der Waals surface area contributed by atoms with Crippen molar-refractivity contribution in [3.05, 3.63) is 77.4 Å². The molecular formula is C25H32O2. The van der Waals surface area contributed by atoms with E-state index in [0.717, 1.165) is 6.42 Å². The molecule has 0 aliphatic heterocycles. The number of carbonyl (C=O) groups is 1. The van der Waals surface area contributed by atoms with Gasteiger partial charge in [0.25, 0.3) is 0 Å². The van der Waals surface area contributed by atoms with Gasteiger partial charge in [-0.1, -0.05) is 92.9 Å². The van der Waals surface area contributed by atoms with Crippen molar-refractivity contribution in [2.24, 2.45) is 0 Å². The summed E-state index contributed by atoms with van der Waals surface area (Å²) in [5.41, 5.74) is 3.77. The van der Waals surface area contributed by atoms with Crippen molar-refractivity contribution in [2.45, 2.75) is 58.3 Å². The van der Waals surface area contributed by atoms with E-state index in [1.807, 2.05) is 13.0 Å². The predicted octanol–water partition coefficient (Wildman–Crippen LogP) is 6.56. The Balaban J connectivity index is 2.03. The van der Waals surface area contributed by atoms with Gasteiger partial charge in [-0.2, -0.15) is 0 Å². The Morgan fingerprint density at radius 2 is 1.74 bits per heavy atom. The molecule has 1 atom stereocenters. The fourth-order valence-corrected chi connectivity index (χ4v) is 3.19. The van der Waals surface area contributed by atoms with Gasteiger partial charge in [-0.3, -0.25) is 4.79 Å². The molecule has 0 heterocycles. The predicted molar refractivity (Wildman–Crippen MR) is 114 cm³/mol. The molecule has 0 amide bonds. The molecule has 0 saturated heterocycles. The van der Waals surface area contributed by atoms with Crippen LogP contribution in [0.5, 0.6) is 0 Å². The lowest BCUT2D eigenvalue weighted by molar-refractivity contribution is -0.143. The van der Waals surface area contributed by atoms with Crippen LogP contribution in [-0.4, -0.2) is 12.6 Å². The van der Waals surface area contributed by atoms with Crippen LogP contribution in [0, 0.1) is 0 Å². The normalized spacial score (nSPS) is 12.2. The van der Waals surface area contributed by atoms with E-state index in [0.29, 0.717) is 18.9 Å². The zero-order chi connectivity index (χ0) is 19.3. The van der Waals surface area contributed by atoms with Gasteiger partial charge in [0.15, 0.2) is 0 Å². The summed E-state index contributed by atoms with van der Waals surface area (Å²) >= 11 is 0. The number of rotatable bonds is 11. The molecule has 0 fully saturated rings. The highest BCUT2D eigenvalue weighted by atomic mass is 16.5. The smallest absolute Gasteiger partial charge is 0.306 e. The highest BCUT2D eigenvalue weighted by Gasteiger charge is 2.09. The van der Waals surface area contributed by atoms with Gasteiger partial charge >= 0.3 is 5.97 Å². The number of hydrogen-bond acceptors (Lipinski definition) is 2. The molecule has 0 N–H and O–H groups in total. The maximum atomic E-state index is 11.5. The Labute approximate surface area is 164 Å². The minimum atomic E-state index is -0.121.